The number of rotatable bonds is 4. The zero-order valence-electron chi connectivity index (χ0n) is 15.5. The maximum absolute atomic E-state index is 12.6. The standard InChI is InChI=1S/C20H20ClN3O4S/c21-14-5-7-16(8-6-14)29(27,28)13-19(25)23-11-9-15(10-12-23)24-18-4-2-1-3-17(18)22-20(24)26/h1-8,15H,9-13H2,(H,22,26). The lowest BCUT2D eigenvalue weighted by Crippen LogP contribution is -2.42. The van der Waals surface area contributed by atoms with Crippen molar-refractivity contribution in [2.75, 3.05) is 18.8 Å². The third-order valence-electron chi connectivity index (χ3n) is 5.29. The Morgan fingerprint density at radius 1 is 1.07 bits per heavy atom. The molecule has 29 heavy (non-hydrogen) atoms. The molecule has 1 saturated heterocycles. The minimum Gasteiger partial charge on any atom is -0.342 e. The molecule has 9 heteroatoms. The van der Waals surface area contributed by atoms with Crippen molar-refractivity contribution in [3.05, 3.63) is 64.0 Å². The van der Waals surface area contributed by atoms with Gasteiger partial charge >= 0.3 is 5.69 Å². The smallest absolute Gasteiger partial charge is 0.326 e. The minimum absolute atomic E-state index is 0.0319. The van der Waals surface area contributed by atoms with Crippen LogP contribution in [-0.4, -0.2) is 47.6 Å². The van der Waals surface area contributed by atoms with Gasteiger partial charge in [-0.1, -0.05) is 23.7 Å². The molecule has 1 fully saturated rings. The predicted octanol–water partition coefficient (Wildman–Crippen LogP) is 2.62. The molecule has 7 nitrogen and oxygen atoms in total. The number of likely N-dealkylation sites (tertiary alicyclic amines) is 1. The second-order valence-electron chi connectivity index (χ2n) is 7.14. The highest BCUT2D eigenvalue weighted by atomic mass is 35.5. The maximum atomic E-state index is 12.6. The first-order valence-electron chi connectivity index (χ1n) is 9.30. The van der Waals surface area contributed by atoms with E-state index in [1.807, 2.05) is 24.3 Å². The highest BCUT2D eigenvalue weighted by molar-refractivity contribution is 7.92. The van der Waals surface area contributed by atoms with Crippen LogP contribution in [0.5, 0.6) is 0 Å². The fourth-order valence-corrected chi connectivity index (χ4v) is 5.14. The number of piperidine rings is 1. The fraction of sp³-hybridized carbons (Fsp3) is 0.300. The molecule has 0 saturated carbocycles. The molecular formula is C20H20ClN3O4S. The predicted molar refractivity (Wildman–Crippen MR) is 111 cm³/mol. The van der Waals surface area contributed by atoms with E-state index in [1.54, 1.807) is 9.47 Å². The van der Waals surface area contributed by atoms with Gasteiger partial charge < -0.3 is 9.88 Å². The molecule has 0 aliphatic carbocycles. The van der Waals surface area contributed by atoms with Gasteiger partial charge in [0.25, 0.3) is 0 Å². The molecule has 1 aromatic heterocycles. The summed E-state index contributed by atoms with van der Waals surface area (Å²) in [5.41, 5.74) is 1.46. The Morgan fingerprint density at radius 2 is 1.72 bits per heavy atom. The van der Waals surface area contributed by atoms with Gasteiger partial charge in [-0.25, -0.2) is 13.2 Å². The van der Waals surface area contributed by atoms with Gasteiger partial charge in [0.15, 0.2) is 9.84 Å². The molecule has 0 bridgehead atoms. The van der Waals surface area contributed by atoms with Crippen molar-refractivity contribution in [2.45, 2.75) is 23.8 Å². The van der Waals surface area contributed by atoms with Crippen LogP contribution in [0.25, 0.3) is 11.0 Å². The lowest BCUT2D eigenvalue weighted by atomic mass is 10.0. The number of benzene rings is 2. The van der Waals surface area contributed by atoms with Crippen LogP contribution in [0.15, 0.2) is 58.2 Å². The molecule has 0 spiro atoms. The van der Waals surface area contributed by atoms with Crippen LogP contribution >= 0.6 is 11.6 Å². The first-order chi connectivity index (χ1) is 13.8. The van der Waals surface area contributed by atoms with Crippen molar-refractivity contribution in [3.8, 4) is 0 Å². The summed E-state index contributed by atoms with van der Waals surface area (Å²) in [7, 11) is -3.73. The number of aromatic nitrogens is 2. The topological polar surface area (TPSA) is 92.2 Å². The van der Waals surface area contributed by atoms with Crippen LogP contribution in [-0.2, 0) is 14.6 Å². The van der Waals surface area contributed by atoms with Crippen molar-refractivity contribution in [1.29, 1.82) is 0 Å². The van der Waals surface area contributed by atoms with Crippen LogP contribution < -0.4 is 5.69 Å². The first-order valence-corrected chi connectivity index (χ1v) is 11.3. The zero-order valence-corrected chi connectivity index (χ0v) is 17.1. The molecule has 3 aromatic rings. The summed E-state index contributed by atoms with van der Waals surface area (Å²) in [6.07, 6.45) is 1.18. The number of aromatic amines is 1. The summed E-state index contributed by atoms with van der Waals surface area (Å²) in [4.78, 5) is 29.4. The normalized spacial score (nSPS) is 15.7. The Labute approximate surface area is 172 Å². The van der Waals surface area contributed by atoms with Crippen molar-refractivity contribution in [2.24, 2.45) is 0 Å². The Hall–Kier alpha value is -2.58. The number of halogens is 1. The quantitative estimate of drug-likeness (QED) is 0.684. The zero-order chi connectivity index (χ0) is 20.6. The van der Waals surface area contributed by atoms with Gasteiger partial charge in [0.2, 0.25) is 5.91 Å². The molecule has 0 unspecified atom stereocenters. The van der Waals surface area contributed by atoms with Crippen LogP contribution in [0.1, 0.15) is 18.9 Å². The molecular weight excluding hydrogens is 414 g/mol. The number of carbonyl (C=O) groups excluding carboxylic acids is 1. The number of nitrogens with zero attached hydrogens (tertiary/aromatic N) is 2. The van der Waals surface area contributed by atoms with E-state index < -0.39 is 21.5 Å². The number of imidazole rings is 1. The summed E-state index contributed by atoms with van der Waals surface area (Å²) in [6, 6.07) is 13.2. The van der Waals surface area contributed by atoms with Crippen LogP contribution in [0.2, 0.25) is 5.02 Å². The van der Waals surface area contributed by atoms with Crippen molar-refractivity contribution in [3.63, 3.8) is 0 Å². The number of para-hydroxylation sites is 2. The van der Waals surface area contributed by atoms with Crippen molar-refractivity contribution < 1.29 is 13.2 Å². The number of amides is 1. The number of H-pyrrole nitrogens is 1. The summed E-state index contributed by atoms with van der Waals surface area (Å²) in [5.74, 6) is -1.00. The molecule has 1 aliphatic rings. The highest BCUT2D eigenvalue weighted by Crippen LogP contribution is 2.25. The average Bonchev–Trinajstić information content (AvgIpc) is 3.04. The van der Waals surface area contributed by atoms with Gasteiger partial charge in [-0.15, -0.1) is 0 Å². The third-order valence-corrected chi connectivity index (χ3v) is 7.16. The average molecular weight is 434 g/mol. The van der Waals surface area contributed by atoms with E-state index >= 15 is 0 Å². The van der Waals surface area contributed by atoms with E-state index in [0.717, 1.165) is 11.0 Å². The van der Waals surface area contributed by atoms with Gasteiger partial charge in [0.05, 0.1) is 15.9 Å². The minimum atomic E-state index is -3.73. The van der Waals surface area contributed by atoms with E-state index in [1.165, 1.54) is 24.3 Å². The molecule has 1 amide bonds. The van der Waals surface area contributed by atoms with E-state index in [9.17, 15) is 18.0 Å². The molecule has 0 radical (unpaired) electrons. The first kappa shape index (κ1) is 19.7. The van der Waals surface area contributed by atoms with Crippen molar-refractivity contribution in [1.82, 2.24) is 14.5 Å². The Kier molecular flexibility index (Phi) is 5.23. The number of nitrogens with one attached hydrogen (secondary N) is 1. The number of carbonyl (C=O) groups is 1. The summed E-state index contributed by atoms with van der Waals surface area (Å²) in [6.45, 7) is 0.817. The molecule has 1 N–H and O–H groups in total. The lowest BCUT2D eigenvalue weighted by molar-refractivity contribution is -0.129. The summed E-state index contributed by atoms with van der Waals surface area (Å²) >= 11 is 5.80. The number of hydrogen-bond donors (Lipinski definition) is 1. The van der Waals surface area contributed by atoms with Gasteiger partial charge in [0.1, 0.15) is 5.75 Å². The van der Waals surface area contributed by atoms with E-state index in [4.69, 9.17) is 11.6 Å². The van der Waals surface area contributed by atoms with Gasteiger partial charge in [-0.05, 0) is 49.2 Å². The SMILES string of the molecule is O=C(CS(=O)(=O)c1ccc(Cl)cc1)N1CCC(n2c(=O)[nH]c3ccccc32)CC1. The number of sulfone groups is 1. The van der Waals surface area contributed by atoms with Gasteiger partial charge in [-0.3, -0.25) is 9.36 Å². The number of fused-ring (bicyclic) bond motifs is 1. The van der Waals surface area contributed by atoms with Crippen molar-refractivity contribution >= 4 is 38.4 Å². The largest absolute Gasteiger partial charge is 0.342 e. The Balaban J connectivity index is 1.44. The molecule has 2 heterocycles. The Bertz CT molecular complexity index is 1210. The summed E-state index contributed by atoms with van der Waals surface area (Å²) < 4.78 is 26.7. The van der Waals surface area contributed by atoms with Gasteiger partial charge in [0, 0.05) is 24.2 Å². The Morgan fingerprint density at radius 3 is 2.41 bits per heavy atom. The highest BCUT2D eigenvalue weighted by Gasteiger charge is 2.29. The second kappa shape index (κ2) is 7.68. The fourth-order valence-electron chi connectivity index (χ4n) is 3.79. The van der Waals surface area contributed by atoms with Crippen LogP contribution in [0.4, 0.5) is 0 Å². The molecule has 0 atom stereocenters. The van der Waals surface area contributed by atoms with Gasteiger partial charge in [-0.2, -0.15) is 0 Å². The van der Waals surface area contributed by atoms with Crippen LogP contribution in [0.3, 0.4) is 0 Å². The lowest BCUT2D eigenvalue weighted by Gasteiger charge is -2.32. The molecule has 1 aliphatic heterocycles. The molecule has 4 rings (SSSR count). The maximum Gasteiger partial charge on any atom is 0.326 e. The molecule has 152 valence electrons. The van der Waals surface area contributed by atoms with E-state index in [-0.39, 0.29) is 16.6 Å². The van der Waals surface area contributed by atoms with E-state index in [2.05, 4.69) is 4.98 Å². The monoisotopic (exact) mass is 433 g/mol. The number of hydrogen-bond acceptors (Lipinski definition) is 4. The van der Waals surface area contributed by atoms with E-state index in [0.29, 0.717) is 31.0 Å². The third kappa shape index (κ3) is 3.95. The molecule has 2 aromatic carbocycles. The summed E-state index contributed by atoms with van der Waals surface area (Å²) in [5, 5.41) is 0.435. The van der Waals surface area contributed by atoms with Crippen LogP contribution in [0, 0.1) is 0 Å². The second-order valence-corrected chi connectivity index (χ2v) is 9.57.